The molecule has 2 N–H and O–H groups in total. The van der Waals surface area contributed by atoms with E-state index in [-0.39, 0.29) is 17.1 Å². The standard InChI is InChI=1S/C18H36BrN3O2SSi/c1-13(11-18(6,7)25(20)23)15-10-16(19)21-22(15)12-14(2)24-26(8,9)17(3,4)5/h10,13-14H,11-12,20H2,1-9H3/t13-,14-,25?/m0/s1. The van der Waals surface area contributed by atoms with Crippen molar-refractivity contribution in [3.8, 4) is 0 Å². The van der Waals surface area contributed by atoms with Crippen molar-refractivity contribution in [3.05, 3.63) is 16.4 Å². The van der Waals surface area contributed by atoms with Crippen molar-refractivity contribution in [1.82, 2.24) is 9.78 Å². The van der Waals surface area contributed by atoms with Crippen molar-refractivity contribution in [2.75, 3.05) is 0 Å². The number of hydrogen-bond acceptors (Lipinski definition) is 3. The zero-order valence-corrected chi connectivity index (χ0v) is 21.1. The smallest absolute Gasteiger partial charge is 0.192 e. The molecule has 1 rings (SSSR count). The number of nitrogens with zero attached hydrogens (tertiary/aromatic N) is 2. The first-order valence-corrected chi connectivity index (χ1v) is 14.1. The second-order valence-electron chi connectivity index (χ2n) is 9.43. The van der Waals surface area contributed by atoms with E-state index in [0.29, 0.717) is 6.54 Å². The molecule has 0 bridgehead atoms. The van der Waals surface area contributed by atoms with E-state index in [1.807, 2.05) is 24.6 Å². The first-order valence-electron chi connectivity index (χ1n) is 9.14. The van der Waals surface area contributed by atoms with Gasteiger partial charge in [-0.05, 0) is 73.2 Å². The van der Waals surface area contributed by atoms with Gasteiger partial charge in [-0.25, -0.2) is 4.21 Å². The number of rotatable bonds is 8. The van der Waals surface area contributed by atoms with E-state index in [0.717, 1.165) is 16.7 Å². The van der Waals surface area contributed by atoms with Crippen molar-refractivity contribution in [2.45, 2.75) is 96.3 Å². The maximum atomic E-state index is 11.8. The highest BCUT2D eigenvalue weighted by Crippen LogP contribution is 2.37. The van der Waals surface area contributed by atoms with Crippen LogP contribution in [-0.4, -0.2) is 33.2 Å². The van der Waals surface area contributed by atoms with Crippen LogP contribution >= 0.6 is 15.9 Å². The number of nitrogens with two attached hydrogens (primary N) is 1. The minimum absolute atomic E-state index is 0.0743. The maximum Gasteiger partial charge on any atom is 0.192 e. The summed E-state index contributed by atoms with van der Waals surface area (Å²) in [5, 5.41) is 10.4. The van der Waals surface area contributed by atoms with Gasteiger partial charge in [0.15, 0.2) is 8.32 Å². The van der Waals surface area contributed by atoms with Crippen LogP contribution in [0.15, 0.2) is 10.7 Å². The molecule has 0 saturated carbocycles. The van der Waals surface area contributed by atoms with Gasteiger partial charge in [-0.2, -0.15) is 5.10 Å². The van der Waals surface area contributed by atoms with Crippen LogP contribution in [0.25, 0.3) is 0 Å². The Labute approximate surface area is 171 Å². The van der Waals surface area contributed by atoms with Crippen molar-refractivity contribution in [1.29, 1.82) is 0 Å². The van der Waals surface area contributed by atoms with Gasteiger partial charge in [-0.15, -0.1) is 0 Å². The van der Waals surface area contributed by atoms with E-state index in [2.05, 4.69) is 68.7 Å². The van der Waals surface area contributed by atoms with Crippen LogP contribution in [0.1, 0.15) is 66.5 Å². The van der Waals surface area contributed by atoms with E-state index < -0.39 is 24.1 Å². The summed E-state index contributed by atoms with van der Waals surface area (Å²) in [4.78, 5) is 0. The first-order chi connectivity index (χ1) is 11.6. The second-order valence-corrected chi connectivity index (χ2v) is 16.7. The lowest BCUT2D eigenvalue weighted by Gasteiger charge is -2.38. The molecule has 1 aromatic rings. The van der Waals surface area contributed by atoms with Gasteiger partial charge in [0.25, 0.3) is 0 Å². The van der Waals surface area contributed by atoms with Crippen molar-refractivity contribution in [2.24, 2.45) is 5.14 Å². The summed E-state index contributed by atoms with van der Waals surface area (Å²) in [7, 11) is -3.19. The molecule has 1 unspecified atom stereocenters. The molecule has 0 radical (unpaired) electrons. The largest absolute Gasteiger partial charge is 0.412 e. The fourth-order valence-corrected chi connectivity index (χ4v) is 5.10. The van der Waals surface area contributed by atoms with Crippen LogP contribution in [0, 0.1) is 0 Å². The molecular weight excluding hydrogens is 430 g/mol. The van der Waals surface area contributed by atoms with Gasteiger partial charge in [0.2, 0.25) is 0 Å². The summed E-state index contributed by atoms with van der Waals surface area (Å²) in [5.74, 6) is 0.191. The Balaban J connectivity index is 2.94. The minimum atomic E-state index is -1.82. The number of aromatic nitrogens is 2. The van der Waals surface area contributed by atoms with Crippen molar-refractivity contribution in [3.63, 3.8) is 0 Å². The average molecular weight is 467 g/mol. The normalized spacial score (nSPS) is 17.2. The molecule has 0 amide bonds. The summed E-state index contributed by atoms with van der Waals surface area (Å²) in [6.45, 7) is 20.1. The summed E-state index contributed by atoms with van der Waals surface area (Å²) in [6.07, 6.45) is 0.802. The Morgan fingerprint density at radius 3 is 2.31 bits per heavy atom. The third kappa shape index (κ3) is 6.26. The first kappa shape index (κ1) is 24.0. The lowest BCUT2D eigenvalue weighted by Crippen LogP contribution is -2.44. The molecule has 1 heterocycles. The maximum absolute atomic E-state index is 11.8. The van der Waals surface area contributed by atoms with Crippen LogP contribution in [0.3, 0.4) is 0 Å². The van der Waals surface area contributed by atoms with Gasteiger partial charge in [0.1, 0.15) is 4.60 Å². The molecule has 0 spiro atoms. The monoisotopic (exact) mass is 465 g/mol. The SMILES string of the molecule is C[C@@H](Cn1nc(Br)cc1[C@@H](C)CC(C)(C)S(N)=O)O[Si](C)(C)C(C)(C)C. The molecule has 0 fully saturated rings. The highest BCUT2D eigenvalue weighted by Gasteiger charge is 2.38. The van der Waals surface area contributed by atoms with Gasteiger partial charge in [-0.1, -0.05) is 27.7 Å². The Morgan fingerprint density at radius 2 is 1.85 bits per heavy atom. The molecule has 0 aliphatic heterocycles. The topological polar surface area (TPSA) is 70.1 Å². The van der Waals surface area contributed by atoms with E-state index in [1.54, 1.807) is 0 Å². The predicted molar refractivity (Wildman–Crippen MR) is 117 cm³/mol. The third-order valence-electron chi connectivity index (χ3n) is 5.36. The third-order valence-corrected chi connectivity index (χ3v) is 11.6. The molecule has 26 heavy (non-hydrogen) atoms. The van der Waals surface area contributed by atoms with Crippen LogP contribution in [0.4, 0.5) is 0 Å². The van der Waals surface area contributed by atoms with Crippen LogP contribution in [-0.2, 0) is 22.0 Å². The molecule has 152 valence electrons. The molecule has 1 aromatic heterocycles. The molecule has 0 saturated heterocycles. The summed E-state index contributed by atoms with van der Waals surface area (Å²) >= 11 is 3.49. The van der Waals surface area contributed by atoms with Crippen LogP contribution in [0.5, 0.6) is 0 Å². The van der Waals surface area contributed by atoms with Gasteiger partial charge >= 0.3 is 0 Å². The highest BCUT2D eigenvalue weighted by molar-refractivity contribution is 9.10. The average Bonchev–Trinajstić information content (AvgIpc) is 2.76. The van der Waals surface area contributed by atoms with E-state index in [9.17, 15) is 4.21 Å². The Bertz CT molecular complexity index is 641. The lowest BCUT2D eigenvalue weighted by molar-refractivity contribution is 0.172. The van der Waals surface area contributed by atoms with Crippen molar-refractivity contribution >= 4 is 35.2 Å². The molecule has 5 nitrogen and oxygen atoms in total. The van der Waals surface area contributed by atoms with Crippen LogP contribution in [0.2, 0.25) is 18.1 Å². The molecule has 0 aromatic carbocycles. The fourth-order valence-electron chi connectivity index (χ4n) is 2.83. The zero-order chi connectivity index (χ0) is 20.5. The van der Waals surface area contributed by atoms with E-state index in [1.165, 1.54) is 0 Å². The fraction of sp³-hybridized carbons (Fsp3) is 0.833. The van der Waals surface area contributed by atoms with Gasteiger partial charge in [-0.3, -0.25) is 9.82 Å². The summed E-state index contributed by atoms with van der Waals surface area (Å²) < 4.78 is 20.7. The molecule has 8 heteroatoms. The van der Waals surface area contributed by atoms with Gasteiger partial charge < -0.3 is 4.43 Å². The zero-order valence-electron chi connectivity index (χ0n) is 17.7. The summed E-state index contributed by atoms with van der Waals surface area (Å²) in [5.41, 5.74) is 1.11. The van der Waals surface area contributed by atoms with Crippen molar-refractivity contribution < 1.29 is 8.63 Å². The van der Waals surface area contributed by atoms with E-state index >= 15 is 0 Å². The summed E-state index contributed by atoms with van der Waals surface area (Å²) in [6, 6.07) is 2.04. The number of halogens is 1. The Hall–Kier alpha value is -0.0231. The quantitative estimate of drug-likeness (QED) is 0.551. The molecule has 3 atom stereocenters. The highest BCUT2D eigenvalue weighted by atomic mass is 79.9. The molecular formula is C18H36BrN3O2SSi. The predicted octanol–water partition coefficient (Wildman–Crippen LogP) is 4.95. The van der Waals surface area contributed by atoms with E-state index in [4.69, 9.17) is 9.56 Å². The Kier molecular flexibility index (Phi) is 7.90. The second kappa shape index (κ2) is 8.55. The molecule has 0 aliphatic rings. The van der Waals surface area contributed by atoms with Crippen LogP contribution < -0.4 is 5.14 Å². The van der Waals surface area contributed by atoms with Gasteiger partial charge in [0.05, 0.1) is 28.4 Å². The van der Waals surface area contributed by atoms with Gasteiger partial charge in [0, 0.05) is 5.69 Å². The number of hydrogen-bond donors (Lipinski definition) is 1. The minimum Gasteiger partial charge on any atom is -0.412 e. The lowest BCUT2D eigenvalue weighted by atomic mass is 9.95. The Morgan fingerprint density at radius 1 is 1.31 bits per heavy atom. The molecule has 0 aliphatic carbocycles.